The van der Waals surface area contributed by atoms with Crippen LogP contribution in [-0.4, -0.2) is 24.2 Å². The zero-order chi connectivity index (χ0) is 12.8. The van der Waals surface area contributed by atoms with E-state index in [0.717, 1.165) is 17.0 Å². The van der Waals surface area contributed by atoms with E-state index in [1.807, 2.05) is 32.0 Å². The molecule has 1 atom stereocenters. The van der Waals surface area contributed by atoms with Crippen LogP contribution in [-0.2, 0) is 4.79 Å². The fraction of sp³-hybridized carbons (Fsp3) is 0.462. The van der Waals surface area contributed by atoms with Crippen molar-refractivity contribution in [3.8, 4) is 5.75 Å². The van der Waals surface area contributed by atoms with E-state index in [1.165, 1.54) is 0 Å². The summed E-state index contributed by atoms with van der Waals surface area (Å²) in [5, 5.41) is 11.9. The molecule has 0 spiro atoms. The van der Waals surface area contributed by atoms with Crippen molar-refractivity contribution in [2.24, 2.45) is 5.92 Å². The Balaban J connectivity index is 2.61. The van der Waals surface area contributed by atoms with Gasteiger partial charge in [-0.2, -0.15) is 0 Å². The average Bonchev–Trinajstić information content (AvgIpc) is 2.29. The molecular formula is C13H19NO3. The van der Waals surface area contributed by atoms with Gasteiger partial charge in [-0.05, 0) is 37.6 Å². The van der Waals surface area contributed by atoms with Crippen LogP contribution >= 0.6 is 0 Å². The van der Waals surface area contributed by atoms with Crippen molar-refractivity contribution in [1.29, 1.82) is 0 Å². The van der Waals surface area contributed by atoms with Crippen molar-refractivity contribution >= 4 is 11.7 Å². The number of aryl methyl sites for hydroxylation is 1. The van der Waals surface area contributed by atoms with Gasteiger partial charge in [-0.15, -0.1) is 0 Å². The van der Waals surface area contributed by atoms with Gasteiger partial charge in [-0.1, -0.05) is 6.92 Å². The van der Waals surface area contributed by atoms with Gasteiger partial charge in [-0.3, -0.25) is 4.79 Å². The summed E-state index contributed by atoms with van der Waals surface area (Å²) >= 11 is 0. The normalized spacial score (nSPS) is 11.9. The topological polar surface area (TPSA) is 58.6 Å². The summed E-state index contributed by atoms with van der Waals surface area (Å²) in [6, 6.07) is 5.75. The third kappa shape index (κ3) is 3.98. The van der Waals surface area contributed by atoms with Crippen molar-refractivity contribution in [2.75, 3.05) is 18.5 Å². The Hall–Kier alpha value is -1.71. The lowest BCUT2D eigenvalue weighted by Crippen LogP contribution is -2.19. The van der Waals surface area contributed by atoms with Crippen molar-refractivity contribution < 1.29 is 14.6 Å². The van der Waals surface area contributed by atoms with E-state index in [4.69, 9.17) is 9.84 Å². The molecule has 1 unspecified atom stereocenters. The number of hydrogen-bond acceptors (Lipinski definition) is 3. The van der Waals surface area contributed by atoms with Crippen molar-refractivity contribution in [2.45, 2.75) is 20.8 Å². The second-order valence-electron chi connectivity index (χ2n) is 4.03. The van der Waals surface area contributed by atoms with Crippen molar-refractivity contribution in [1.82, 2.24) is 0 Å². The number of carboxylic acids is 1. The molecule has 1 aromatic carbocycles. The van der Waals surface area contributed by atoms with E-state index < -0.39 is 11.9 Å². The van der Waals surface area contributed by atoms with E-state index in [2.05, 4.69) is 5.32 Å². The largest absolute Gasteiger partial charge is 0.494 e. The quantitative estimate of drug-likeness (QED) is 0.798. The fourth-order valence-electron chi connectivity index (χ4n) is 1.44. The molecule has 1 aromatic rings. The number of rotatable bonds is 6. The number of aliphatic carboxylic acids is 1. The van der Waals surface area contributed by atoms with Gasteiger partial charge < -0.3 is 15.2 Å². The first-order valence-corrected chi connectivity index (χ1v) is 5.74. The Kier molecular flexibility index (Phi) is 4.82. The summed E-state index contributed by atoms with van der Waals surface area (Å²) in [4.78, 5) is 10.7. The number of carboxylic acid groups (broad SMARTS) is 1. The predicted molar refractivity (Wildman–Crippen MR) is 67.6 cm³/mol. The first kappa shape index (κ1) is 13.4. The number of carbonyl (C=O) groups is 1. The molecular weight excluding hydrogens is 218 g/mol. The van der Waals surface area contributed by atoms with Crippen LogP contribution in [0.5, 0.6) is 5.75 Å². The number of nitrogens with one attached hydrogen (secondary N) is 1. The van der Waals surface area contributed by atoms with Crippen LogP contribution in [0.4, 0.5) is 5.69 Å². The highest BCUT2D eigenvalue weighted by Gasteiger charge is 2.10. The Bertz CT molecular complexity index is 390. The highest BCUT2D eigenvalue weighted by molar-refractivity contribution is 5.70. The van der Waals surface area contributed by atoms with E-state index in [0.29, 0.717) is 13.2 Å². The van der Waals surface area contributed by atoms with Crippen LogP contribution in [0, 0.1) is 12.8 Å². The number of hydrogen-bond donors (Lipinski definition) is 2. The fourth-order valence-corrected chi connectivity index (χ4v) is 1.44. The molecule has 0 aromatic heterocycles. The van der Waals surface area contributed by atoms with E-state index in [1.54, 1.807) is 6.92 Å². The number of ether oxygens (including phenoxy) is 1. The maximum absolute atomic E-state index is 10.7. The minimum Gasteiger partial charge on any atom is -0.494 e. The molecule has 0 aliphatic carbocycles. The molecule has 4 nitrogen and oxygen atoms in total. The molecule has 0 heterocycles. The van der Waals surface area contributed by atoms with Crippen LogP contribution < -0.4 is 10.1 Å². The maximum atomic E-state index is 10.7. The summed E-state index contributed by atoms with van der Waals surface area (Å²) in [7, 11) is 0. The molecule has 17 heavy (non-hydrogen) atoms. The molecule has 0 aliphatic rings. The summed E-state index contributed by atoms with van der Waals surface area (Å²) < 4.78 is 5.43. The van der Waals surface area contributed by atoms with Crippen molar-refractivity contribution in [3.05, 3.63) is 23.8 Å². The molecule has 1 rings (SSSR count). The first-order chi connectivity index (χ1) is 8.04. The summed E-state index contributed by atoms with van der Waals surface area (Å²) in [5.74, 6) is -0.327. The lowest BCUT2D eigenvalue weighted by molar-refractivity contribution is -0.140. The third-order valence-corrected chi connectivity index (χ3v) is 2.51. The van der Waals surface area contributed by atoms with Crippen LogP contribution in [0.3, 0.4) is 0 Å². The van der Waals surface area contributed by atoms with Crippen LogP contribution in [0.2, 0.25) is 0 Å². The second kappa shape index (κ2) is 6.13. The van der Waals surface area contributed by atoms with Gasteiger partial charge in [0.05, 0.1) is 12.5 Å². The smallest absolute Gasteiger partial charge is 0.308 e. The third-order valence-electron chi connectivity index (χ3n) is 2.51. The van der Waals surface area contributed by atoms with Crippen LogP contribution in [0.1, 0.15) is 19.4 Å². The number of benzene rings is 1. The Labute approximate surface area is 102 Å². The lowest BCUT2D eigenvalue weighted by Gasteiger charge is -2.12. The highest BCUT2D eigenvalue weighted by Crippen LogP contribution is 2.21. The molecule has 0 amide bonds. The van der Waals surface area contributed by atoms with E-state index in [-0.39, 0.29) is 0 Å². The van der Waals surface area contributed by atoms with Gasteiger partial charge >= 0.3 is 5.97 Å². The monoisotopic (exact) mass is 237 g/mol. The molecule has 0 radical (unpaired) electrons. The minimum absolute atomic E-state index is 0.401. The average molecular weight is 237 g/mol. The molecule has 0 saturated carbocycles. The van der Waals surface area contributed by atoms with Gasteiger partial charge in [0.25, 0.3) is 0 Å². The molecule has 0 bridgehead atoms. The zero-order valence-corrected chi connectivity index (χ0v) is 10.5. The Morgan fingerprint density at radius 3 is 2.76 bits per heavy atom. The number of anilines is 1. The van der Waals surface area contributed by atoms with Gasteiger partial charge in [0.1, 0.15) is 5.75 Å². The molecule has 0 aliphatic heterocycles. The molecule has 94 valence electrons. The minimum atomic E-state index is -0.792. The van der Waals surface area contributed by atoms with Crippen LogP contribution in [0.15, 0.2) is 18.2 Å². The lowest BCUT2D eigenvalue weighted by atomic mass is 10.1. The van der Waals surface area contributed by atoms with Gasteiger partial charge in [0.15, 0.2) is 0 Å². The summed E-state index contributed by atoms with van der Waals surface area (Å²) in [5.41, 5.74) is 1.96. The van der Waals surface area contributed by atoms with Gasteiger partial charge in [0.2, 0.25) is 0 Å². The molecule has 0 fully saturated rings. The maximum Gasteiger partial charge on any atom is 0.308 e. The summed E-state index contributed by atoms with van der Waals surface area (Å²) in [6.45, 7) is 6.65. The van der Waals surface area contributed by atoms with E-state index in [9.17, 15) is 4.79 Å². The first-order valence-electron chi connectivity index (χ1n) is 5.74. The molecule has 4 heteroatoms. The highest BCUT2D eigenvalue weighted by atomic mass is 16.5. The van der Waals surface area contributed by atoms with E-state index >= 15 is 0 Å². The second-order valence-corrected chi connectivity index (χ2v) is 4.03. The Morgan fingerprint density at radius 2 is 2.24 bits per heavy atom. The summed E-state index contributed by atoms with van der Waals surface area (Å²) in [6.07, 6.45) is 0. The van der Waals surface area contributed by atoms with Gasteiger partial charge in [-0.25, -0.2) is 0 Å². The predicted octanol–water partition coefficient (Wildman–Crippen LogP) is 2.53. The van der Waals surface area contributed by atoms with Crippen LogP contribution in [0.25, 0.3) is 0 Å². The zero-order valence-electron chi connectivity index (χ0n) is 10.5. The standard InChI is InChI=1S/C13H19NO3/c1-4-17-12-6-5-11(7-9(12)2)14-8-10(3)13(15)16/h5-7,10,14H,4,8H2,1-3H3,(H,15,16). The Morgan fingerprint density at radius 1 is 1.53 bits per heavy atom. The SMILES string of the molecule is CCOc1ccc(NCC(C)C(=O)O)cc1C. The van der Waals surface area contributed by atoms with Crippen molar-refractivity contribution in [3.63, 3.8) is 0 Å². The molecule has 2 N–H and O–H groups in total. The molecule has 0 saturated heterocycles. The van der Waals surface area contributed by atoms with Gasteiger partial charge in [0, 0.05) is 12.2 Å².